The van der Waals surface area contributed by atoms with E-state index in [9.17, 15) is 4.79 Å². The Bertz CT molecular complexity index is 1640. The van der Waals surface area contributed by atoms with Crippen LogP contribution in [0.1, 0.15) is 59.9 Å². The first-order valence-corrected chi connectivity index (χ1v) is 17.1. The highest BCUT2D eigenvalue weighted by Crippen LogP contribution is 2.38. The summed E-state index contributed by atoms with van der Waals surface area (Å²) in [6.07, 6.45) is 5.00. The average molecular weight is 668 g/mol. The maximum atomic E-state index is 15.0. The van der Waals surface area contributed by atoms with Crippen LogP contribution >= 0.6 is 34.8 Å². The van der Waals surface area contributed by atoms with Gasteiger partial charge < -0.3 is 15.5 Å². The second-order valence-corrected chi connectivity index (χ2v) is 14.2. The molecule has 2 aliphatic carbocycles. The van der Waals surface area contributed by atoms with Crippen LogP contribution < -0.4 is 10.6 Å². The van der Waals surface area contributed by atoms with Crippen molar-refractivity contribution in [1.29, 1.82) is 0 Å². The smallest absolute Gasteiger partial charge is 0.252 e. The first-order chi connectivity index (χ1) is 21.8. The molecule has 236 valence electrons. The van der Waals surface area contributed by atoms with E-state index < -0.39 is 0 Å². The molecule has 2 aliphatic heterocycles. The summed E-state index contributed by atoms with van der Waals surface area (Å²) in [5.41, 5.74) is 6.27. The predicted molar refractivity (Wildman–Crippen MR) is 180 cm³/mol. The Morgan fingerprint density at radius 2 is 1.64 bits per heavy atom. The van der Waals surface area contributed by atoms with Gasteiger partial charge in [0.05, 0.1) is 16.1 Å². The van der Waals surface area contributed by atoms with E-state index in [1.54, 1.807) is 25.1 Å². The van der Waals surface area contributed by atoms with Crippen LogP contribution in [0.3, 0.4) is 0 Å². The number of hydrogen-bond acceptors (Lipinski definition) is 4. The van der Waals surface area contributed by atoms with Gasteiger partial charge in [-0.15, -0.1) is 0 Å². The summed E-state index contributed by atoms with van der Waals surface area (Å²) >= 11 is 19.3. The standard InChI is InChI=1S/C36H38Cl3FN4O/c1-21-5-14-30(37)29(35(21)40)20-43(26-10-11-26)18-22-6-8-23(9-7-22)28-15-25-16-41-17-32(42-25)33(28)36(45)44(27-12-13-27)19-24-3-2-4-31(38)34(24)39/h2-9,14,25-27,32,41-42H,10-13,15-20H2,1H3/t25-,32+/m0/s1. The number of nitrogens with one attached hydrogen (secondary N) is 2. The molecule has 0 aromatic heterocycles. The molecular formula is C36H38Cl3FN4O. The topological polar surface area (TPSA) is 47.6 Å². The highest BCUT2D eigenvalue weighted by atomic mass is 35.5. The van der Waals surface area contributed by atoms with Crippen molar-refractivity contribution in [3.05, 3.63) is 109 Å². The molecule has 2 heterocycles. The van der Waals surface area contributed by atoms with E-state index in [0.29, 0.717) is 58.4 Å². The second kappa shape index (κ2) is 13.0. The molecule has 1 saturated heterocycles. The van der Waals surface area contributed by atoms with Crippen molar-refractivity contribution in [2.45, 2.75) is 82.8 Å². The third-order valence-corrected chi connectivity index (χ3v) is 10.9. The number of carbonyl (C=O) groups excluding carboxylic acids is 1. The number of nitrogens with zero attached hydrogens (tertiary/aromatic N) is 2. The summed E-state index contributed by atoms with van der Waals surface area (Å²) in [5, 5.41) is 8.73. The molecule has 0 unspecified atom stereocenters. The Kier molecular flexibility index (Phi) is 8.99. The van der Waals surface area contributed by atoms with Crippen molar-refractivity contribution in [2.24, 2.45) is 0 Å². The number of carbonyl (C=O) groups is 1. The van der Waals surface area contributed by atoms with Crippen LogP contribution in [0.2, 0.25) is 15.1 Å². The maximum Gasteiger partial charge on any atom is 0.252 e. The molecule has 45 heavy (non-hydrogen) atoms. The lowest BCUT2D eigenvalue weighted by Gasteiger charge is -2.41. The molecule has 0 spiro atoms. The molecule has 2 saturated carbocycles. The summed E-state index contributed by atoms with van der Waals surface area (Å²) in [7, 11) is 0. The molecular weight excluding hydrogens is 630 g/mol. The molecule has 2 N–H and O–H groups in total. The van der Waals surface area contributed by atoms with Gasteiger partial charge in [0.1, 0.15) is 5.82 Å². The normalized spacial score (nSPS) is 21.4. The van der Waals surface area contributed by atoms with Crippen LogP contribution in [0.25, 0.3) is 5.57 Å². The van der Waals surface area contributed by atoms with Crippen LogP contribution in [0.4, 0.5) is 4.39 Å². The number of hydrogen-bond donors (Lipinski definition) is 2. The van der Waals surface area contributed by atoms with Crippen LogP contribution in [0.15, 0.2) is 60.2 Å². The molecule has 2 bridgehead atoms. The fraction of sp³-hybridized carbons (Fsp3) is 0.417. The molecule has 0 radical (unpaired) electrons. The molecule has 2 atom stereocenters. The molecule has 3 fully saturated rings. The number of fused-ring (bicyclic) bond motifs is 2. The molecule has 3 aromatic rings. The molecule has 5 nitrogen and oxygen atoms in total. The molecule has 9 heteroatoms. The number of halogens is 4. The zero-order valence-electron chi connectivity index (χ0n) is 25.4. The van der Waals surface area contributed by atoms with Crippen molar-refractivity contribution in [3.8, 4) is 0 Å². The highest BCUT2D eigenvalue weighted by molar-refractivity contribution is 6.42. The van der Waals surface area contributed by atoms with Gasteiger partial charge in [0, 0.05) is 67.0 Å². The van der Waals surface area contributed by atoms with Crippen LogP contribution in [-0.2, 0) is 24.4 Å². The average Bonchev–Trinajstić information content (AvgIpc) is 3.96. The van der Waals surface area contributed by atoms with Gasteiger partial charge in [-0.1, -0.05) is 77.3 Å². The molecule has 7 rings (SSSR count). The van der Waals surface area contributed by atoms with Gasteiger partial charge in [0.2, 0.25) is 0 Å². The number of aryl methyl sites for hydroxylation is 1. The third kappa shape index (κ3) is 6.69. The summed E-state index contributed by atoms with van der Waals surface area (Å²) in [5.74, 6) is -0.138. The van der Waals surface area contributed by atoms with Crippen molar-refractivity contribution in [1.82, 2.24) is 20.4 Å². The largest absolute Gasteiger partial charge is 0.331 e. The quantitative estimate of drug-likeness (QED) is 0.235. The SMILES string of the molecule is Cc1ccc(Cl)c(CN(Cc2ccc(C3=C(C(=O)N(Cc4cccc(Cl)c4Cl)C4CC4)[C@H]4CNC[C@H](C3)N4)cc2)C2CC2)c1F. The van der Waals surface area contributed by atoms with Gasteiger partial charge in [0.25, 0.3) is 5.91 Å². The van der Waals surface area contributed by atoms with Gasteiger partial charge in [-0.25, -0.2) is 4.39 Å². The van der Waals surface area contributed by atoms with Gasteiger partial charge >= 0.3 is 0 Å². The van der Waals surface area contributed by atoms with Crippen molar-refractivity contribution in [3.63, 3.8) is 0 Å². The number of rotatable bonds is 10. The van der Waals surface area contributed by atoms with Crippen LogP contribution in [0.5, 0.6) is 0 Å². The Balaban J connectivity index is 1.16. The predicted octanol–water partition coefficient (Wildman–Crippen LogP) is 7.54. The lowest BCUT2D eigenvalue weighted by molar-refractivity contribution is -0.128. The van der Waals surface area contributed by atoms with Crippen molar-refractivity contribution >= 4 is 46.3 Å². The first-order valence-electron chi connectivity index (χ1n) is 16.0. The molecule has 1 amide bonds. The van der Waals surface area contributed by atoms with Crippen LogP contribution in [-0.4, -0.2) is 53.0 Å². The Morgan fingerprint density at radius 3 is 2.38 bits per heavy atom. The monoisotopic (exact) mass is 666 g/mol. The Hall–Kier alpha value is -2.45. The lowest BCUT2D eigenvalue weighted by Crippen LogP contribution is -2.60. The van der Waals surface area contributed by atoms with E-state index in [1.165, 1.54) is 0 Å². The Morgan fingerprint density at radius 1 is 0.889 bits per heavy atom. The van der Waals surface area contributed by atoms with Crippen molar-refractivity contribution in [2.75, 3.05) is 13.1 Å². The van der Waals surface area contributed by atoms with Crippen molar-refractivity contribution < 1.29 is 9.18 Å². The number of benzene rings is 3. The van der Waals surface area contributed by atoms with Gasteiger partial charge in [0.15, 0.2) is 0 Å². The zero-order valence-corrected chi connectivity index (χ0v) is 27.7. The highest BCUT2D eigenvalue weighted by Gasteiger charge is 2.41. The van der Waals surface area contributed by atoms with Gasteiger partial charge in [-0.2, -0.15) is 0 Å². The number of amides is 1. The molecule has 4 aliphatic rings. The first kappa shape index (κ1) is 31.2. The van der Waals surface area contributed by atoms with E-state index in [4.69, 9.17) is 34.8 Å². The van der Waals surface area contributed by atoms with E-state index in [1.807, 2.05) is 17.0 Å². The van der Waals surface area contributed by atoms with E-state index in [2.05, 4.69) is 39.8 Å². The van der Waals surface area contributed by atoms with Crippen LogP contribution in [0, 0.1) is 12.7 Å². The van der Waals surface area contributed by atoms with E-state index >= 15 is 4.39 Å². The van der Waals surface area contributed by atoms with E-state index in [-0.39, 0.29) is 29.8 Å². The zero-order chi connectivity index (χ0) is 31.2. The van der Waals surface area contributed by atoms with Gasteiger partial charge in [-0.05, 0) is 79.0 Å². The van der Waals surface area contributed by atoms with E-state index in [0.717, 1.165) is 66.5 Å². The summed E-state index contributed by atoms with van der Waals surface area (Å²) in [6, 6.07) is 18.6. The lowest BCUT2D eigenvalue weighted by atomic mass is 9.83. The minimum atomic E-state index is -0.212. The summed E-state index contributed by atoms with van der Waals surface area (Å²) in [6.45, 7) is 5.00. The van der Waals surface area contributed by atoms with Gasteiger partial charge in [-0.3, -0.25) is 9.69 Å². The number of piperazine rings is 1. The fourth-order valence-corrected chi connectivity index (χ4v) is 7.45. The maximum absolute atomic E-state index is 15.0. The second-order valence-electron chi connectivity index (χ2n) is 13.0. The summed E-state index contributed by atoms with van der Waals surface area (Å²) in [4.78, 5) is 18.8. The molecule has 3 aromatic carbocycles. The summed E-state index contributed by atoms with van der Waals surface area (Å²) < 4.78 is 15.0. The Labute approximate surface area is 279 Å². The third-order valence-electron chi connectivity index (χ3n) is 9.64. The minimum absolute atomic E-state index is 0.0601. The minimum Gasteiger partial charge on any atom is -0.331 e. The fourth-order valence-electron chi connectivity index (χ4n) is 6.86.